The number of sulfonamides is 1. The lowest BCUT2D eigenvalue weighted by molar-refractivity contribution is -0.236. The molecule has 5 rings (SSSR count). The van der Waals surface area contributed by atoms with Gasteiger partial charge in [0.15, 0.2) is 5.60 Å². The lowest BCUT2D eigenvalue weighted by atomic mass is 9.89. The number of nitrogens with one attached hydrogen (secondary N) is 1. The van der Waals surface area contributed by atoms with Crippen molar-refractivity contribution in [1.82, 2.24) is 14.5 Å². The molecular weight excluding hydrogens is 737 g/mol. The van der Waals surface area contributed by atoms with Gasteiger partial charge in [0.1, 0.15) is 23.8 Å². The first-order chi connectivity index (χ1) is 24.4. The van der Waals surface area contributed by atoms with Crippen LogP contribution >= 0.6 is 0 Å². The fraction of sp³-hybridized carbons (Fsp3) is 0.514. The smallest absolute Gasteiger partial charge is 0.427 e. The molecule has 18 heteroatoms. The molecule has 290 valence electrons. The Balaban J connectivity index is 1.29. The van der Waals surface area contributed by atoms with Gasteiger partial charge in [0.2, 0.25) is 10.0 Å². The van der Waals surface area contributed by atoms with Crippen molar-refractivity contribution >= 4 is 33.7 Å². The molecule has 2 aromatic carbocycles. The Kier molecular flexibility index (Phi) is 10.6. The number of nitrogens with zero attached hydrogens (tertiary/aromatic N) is 3. The SMILES string of the molecule is Cc1cc(C(=O)N2CCC(O)(CF)CC2)cc(C)c1/C=C/S(=O)(=O)N1CCC2(CC1)N=C(c1ccc(C(F)(F)F)c(OC(C)(C)C(F)(F)F)c1)NC2=O. The van der Waals surface area contributed by atoms with Gasteiger partial charge in [0.05, 0.1) is 11.2 Å². The highest BCUT2D eigenvalue weighted by molar-refractivity contribution is 7.92. The Bertz CT molecular complexity index is 1920. The average Bonchev–Trinajstić information content (AvgIpc) is 3.37. The lowest BCUT2D eigenvalue weighted by Gasteiger charge is -2.36. The topological polar surface area (TPSA) is 129 Å². The van der Waals surface area contributed by atoms with Gasteiger partial charge in [0, 0.05) is 42.7 Å². The average molecular weight is 777 g/mol. The largest absolute Gasteiger partial charge is 0.478 e. The van der Waals surface area contributed by atoms with Crippen LogP contribution in [0.1, 0.15) is 77.7 Å². The van der Waals surface area contributed by atoms with Crippen molar-refractivity contribution in [1.29, 1.82) is 0 Å². The Labute approximate surface area is 301 Å². The molecule has 2 fully saturated rings. The number of ether oxygens (including phenoxy) is 1. The van der Waals surface area contributed by atoms with Gasteiger partial charge in [-0.15, -0.1) is 0 Å². The van der Waals surface area contributed by atoms with E-state index in [1.54, 1.807) is 26.0 Å². The normalized spacial score (nSPS) is 19.8. The molecule has 2 N–H and O–H groups in total. The number of hydrogen-bond acceptors (Lipinski definition) is 7. The summed E-state index contributed by atoms with van der Waals surface area (Å²) in [5.74, 6) is -2.22. The Hall–Kier alpha value is -4.03. The van der Waals surface area contributed by atoms with Crippen LogP contribution in [-0.2, 0) is 21.0 Å². The van der Waals surface area contributed by atoms with Crippen LogP contribution in [0.3, 0.4) is 0 Å². The number of hydrogen-bond donors (Lipinski definition) is 2. The third-order valence-corrected chi connectivity index (χ3v) is 11.5. The summed E-state index contributed by atoms with van der Waals surface area (Å²) in [5.41, 5.74) is -5.29. The maximum absolute atomic E-state index is 13.7. The molecule has 0 aliphatic carbocycles. The predicted octanol–water partition coefficient (Wildman–Crippen LogP) is 5.69. The van der Waals surface area contributed by atoms with E-state index >= 15 is 0 Å². The van der Waals surface area contributed by atoms with Crippen LogP contribution in [0.2, 0.25) is 0 Å². The van der Waals surface area contributed by atoms with Crippen LogP contribution in [0, 0.1) is 13.8 Å². The van der Waals surface area contributed by atoms with Crippen molar-refractivity contribution in [2.24, 2.45) is 4.99 Å². The first kappa shape index (κ1) is 40.2. The number of carbonyl (C=O) groups excluding carboxylic acids is 2. The number of benzene rings is 2. The van der Waals surface area contributed by atoms with Gasteiger partial charge in [-0.3, -0.25) is 14.6 Å². The number of alkyl halides is 7. The van der Waals surface area contributed by atoms with Crippen LogP contribution in [0.25, 0.3) is 6.08 Å². The van der Waals surface area contributed by atoms with E-state index < -0.39 is 63.0 Å². The summed E-state index contributed by atoms with van der Waals surface area (Å²) in [5, 5.41) is 13.6. The highest BCUT2D eigenvalue weighted by Crippen LogP contribution is 2.42. The third-order valence-electron chi connectivity index (χ3n) is 9.98. The first-order valence-electron chi connectivity index (χ1n) is 16.7. The molecule has 0 radical (unpaired) electrons. The second kappa shape index (κ2) is 14.0. The Morgan fingerprint density at radius 3 is 2.09 bits per heavy atom. The van der Waals surface area contributed by atoms with Crippen LogP contribution < -0.4 is 10.1 Å². The molecule has 3 aliphatic heterocycles. The standard InChI is InChI=1S/C35H39F7N4O6S/c1-21-17-24(29(47)45-12-8-32(49,20-36)9-13-45)18-22(2)25(21)7-16-53(50,51)46-14-10-33(11-15-46)30(48)43-28(44-33)23-5-6-26(34(37,38)39)27(19-23)52-31(3,4)35(40,41)42/h5-7,16-19,49H,8-15,20H2,1-4H3,(H,43,44,48)/b16-7+. The van der Waals surface area contributed by atoms with Crippen molar-refractivity contribution in [2.75, 3.05) is 32.9 Å². The summed E-state index contributed by atoms with van der Waals surface area (Å²) >= 11 is 0. The van der Waals surface area contributed by atoms with E-state index in [0.717, 1.165) is 21.8 Å². The minimum absolute atomic E-state index is 0.0887. The van der Waals surface area contributed by atoms with E-state index in [4.69, 9.17) is 4.74 Å². The number of aliphatic hydroxyl groups is 1. The summed E-state index contributed by atoms with van der Waals surface area (Å²) in [6, 6.07) is 5.47. The van der Waals surface area contributed by atoms with Gasteiger partial charge in [0.25, 0.3) is 11.8 Å². The minimum Gasteiger partial charge on any atom is -0.478 e. The molecule has 2 amide bonds. The zero-order chi connectivity index (χ0) is 39.4. The maximum Gasteiger partial charge on any atom is 0.427 e. The van der Waals surface area contributed by atoms with Crippen LogP contribution in [0.4, 0.5) is 30.7 Å². The van der Waals surface area contributed by atoms with Crippen LogP contribution in [0.5, 0.6) is 5.75 Å². The maximum atomic E-state index is 13.7. The van der Waals surface area contributed by atoms with Crippen molar-refractivity contribution < 1.29 is 58.6 Å². The summed E-state index contributed by atoms with van der Waals surface area (Å²) < 4.78 is 127. The predicted molar refractivity (Wildman–Crippen MR) is 180 cm³/mol. The highest BCUT2D eigenvalue weighted by atomic mass is 32.2. The van der Waals surface area contributed by atoms with Gasteiger partial charge in [-0.2, -0.15) is 30.6 Å². The van der Waals surface area contributed by atoms with E-state index in [1.807, 2.05) is 0 Å². The Morgan fingerprint density at radius 1 is 0.981 bits per heavy atom. The molecule has 2 aromatic rings. The molecule has 3 heterocycles. The molecule has 0 saturated carbocycles. The van der Waals surface area contributed by atoms with E-state index in [1.165, 1.54) is 11.0 Å². The molecule has 53 heavy (non-hydrogen) atoms. The van der Waals surface area contributed by atoms with Crippen molar-refractivity contribution in [2.45, 2.75) is 82.5 Å². The zero-order valence-electron chi connectivity index (χ0n) is 29.3. The number of aryl methyl sites for hydroxylation is 2. The molecule has 1 spiro atoms. The summed E-state index contributed by atoms with van der Waals surface area (Å²) in [6.07, 6.45) is -8.60. The third kappa shape index (κ3) is 8.23. The van der Waals surface area contributed by atoms with E-state index in [2.05, 4.69) is 10.3 Å². The summed E-state index contributed by atoms with van der Waals surface area (Å²) in [7, 11) is -4.03. The van der Waals surface area contributed by atoms with Gasteiger partial charge in [-0.1, -0.05) is 6.07 Å². The Morgan fingerprint density at radius 2 is 1.57 bits per heavy atom. The second-order valence-electron chi connectivity index (χ2n) is 14.2. The number of halogens is 7. The number of carbonyl (C=O) groups is 2. The molecule has 10 nitrogen and oxygen atoms in total. The van der Waals surface area contributed by atoms with Crippen molar-refractivity contribution in [3.63, 3.8) is 0 Å². The van der Waals surface area contributed by atoms with Crippen LogP contribution in [-0.4, -0.2) is 96.2 Å². The number of likely N-dealkylation sites (tertiary alicyclic amines) is 1. The monoisotopic (exact) mass is 776 g/mol. The van der Waals surface area contributed by atoms with Crippen LogP contribution in [0.15, 0.2) is 40.7 Å². The van der Waals surface area contributed by atoms with Gasteiger partial charge in [-0.05, 0) is 100 Å². The number of rotatable bonds is 8. The van der Waals surface area contributed by atoms with E-state index in [0.29, 0.717) is 42.2 Å². The molecule has 0 unspecified atom stereocenters. The minimum atomic E-state index is -5.05. The number of piperidine rings is 2. The number of amidine groups is 1. The highest BCUT2D eigenvalue weighted by Gasteiger charge is 2.51. The number of aliphatic imine (C=N–C) groups is 1. The lowest BCUT2D eigenvalue weighted by Crippen LogP contribution is -2.50. The van der Waals surface area contributed by atoms with Crippen molar-refractivity contribution in [3.8, 4) is 5.75 Å². The zero-order valence-corrected chi connectivity index (χ0v) is 30.1. The fourth-order valence-corrected chi connectivity index (χ4v) is 7.64. The second-order valence-corrected chi connectivity index (χ2v) is 16.0. The van der Waals surface area contributed by atoms with Crippen molar-refractivity contribution in [3.05, 3.63) is 69.1 Å². The summed E-state index contributed by atoms with van der Waals surface area (Å²) in [4.78, 5) is 32.2. The van der Waals surface area contributed by atoms with Gasteiger partial charge >= 0.3 is 12.4 Å². The molecule has 0 aromatic heterocycles. The van der Waals surface area contributed by atoms with Gasteiger partial charge in [-0.25, -0.2) is 12.8 Å². The fourth-order valence-electron chi connectivity index (χ4n) is 6.47. The molecule has 0 atom stereocenters. The molecule has 3 aliphatic rings. The van der Waals surface area contributed by atoms with E-state index in [9.17, 15) is 53.8 Å². The van der Waals surface area contributed by atoms with Gasteiger partial charge < -0.3 is 20.1 Å². The quantitative estimate of drug-likeness (QED) is 0.332. The molecular formula is C35H39F7N4O6S. The number of amides is 2. The molecule has 2 saturated heterocycles. The molecule has 0 bridgehead atoms. The summed E-state index contributed by atoms with van der Waals surface area (Å²) in [6.45, 7) is 3.81. The first-order valence-corrected chi connectivity index (χ1v) is 18.2. The van der Waals surface area contributed by atoms with E-state index in [-0.39, 0.29) is 69.2 Å².